The second kappa shape index (κ2) is 3.00. The van der Waals surface area contributed by atoms with Gasteiger partial charge in [-0.25, -0.2) is 0 Å². The summed E-state index contributed by atoms with van der Waals surface area (Å²) < 4.78 is 39.3. The van der Waals surface area contributed by atoms with E-state index < -0.39 is 7.11 Å². The lowest BCUT2D eigenvalue weighted by Crippen LogP contribution is -2.37. The van der Waals surface area contributed by atoms with Crippen LogP contribution in [0.3, 0.4) is 0 Å². The van der Waals surface area contributed by atoms with Crippen molar-refractivity contribution in [2.45, 2.75) is 6.54 Å². The van der Waals surface area contributed by atoms with Gasteiger partial charge in [-0.15, -0.1) is 0 Å². The van der Waals surface area contributed by atoms with E-state index in [2.05, 4.69) is 4.42 Å². The second-order valence-electron chi connectivity index (χ2n) is 2.04. The van der Waals surface area contributed by atoms with Gasteiger partial charge in [0.25, 0.3) is 0 Å². The van der Waals surface area contributed by atoms with Gasteiger partial charge >= 0.3 is 7.11 Å². The standard InChI is InChI=1S/C5H6BF3NO/c7-6(8,9)10-4-5-2-1-3-11-5/h1-3,10H,4H2/q-1. The van der Waals surface area contributed by atoms with Gasteiger partial charge in [0.1, 0.15) is 5.76 Å². The minimum absolute atomic E-state index is 0.282. The summed E-state index contributed by atoms with van der Waals surface area (Å²) in [5.41, 5.74) is 0. The maximum absolute atomic E-state index is 11.6. The van der Waals surface area contributed by atoms with E-state index >= 15 is 0 Å². The molecule has 0 aliphatic carbocycles. The summed E-state index contributed by atoms with van der Waals surface area (Å²) in [7, 11) is -4.92. The molecule has 0 radical (unpaired) electrons. The first-order valence-corrected chi connectivity index (χ1v) is 3.05. The fourth-order valence-electron chi connectivity index (χ4n) is 0.629. The van der Waals surface area contributed by atoms with Crippen molar-refractivity contribution >= 4 is 7.11 Å². The Morgan fingerprint density at radius 1 is 1.45 bits per heavy atom. The molecule has 62 valence electrons. The zero-order chi connectivity index (χ0) is 8.32. The van der Waals surface area contributed by atoms with Crippen molar-refractivity contribution in [2.24, 2.45) is 0 Å². The lowest BCUT2D eigenvalue weighted by atomic mass is 10.1. The minimum Gasteiger partial charge on any atom is -0.468 e. The Kier molecular flexibility index (Phi) is 2.23. The molecule has 2 nitrogen and oxygen atoms in total. The van der Waals surface area contributed by atoms with E-state index in [0.29, 0.717) is 0 Å². The van der Waals surface area contributed by atoms with E-state index in [1.54, 1.807) is 6.07 Å². The first kappa shape index (κ1) is 8.19. The summed E-state index contributed by atoms with van der Waals surface area (Å²) in [6.45, 7) is -0.295. The van der Waals surface area contributed by atoms with E-state index in [1.807, 2.05) is 0 Å². The summed E-state index contributed by atoms with van der Waals surface area (Å²) in [5, 5.41) is 1.39. The monoisotopic (exact) mass is 164 g/mol. The highest BCUT2D eigenvalue weighted by Crippen LogP contribution is 2.06. The number of furan rings is 1. The van der Waals surface area contributed by atoms with Crippen molar-refractivity contribution < 1.29 is 17.4 Å². The quantitative estimate of drug-likeness (QED) is 0.687. The molecule has 0 fully saturated rings. The zero-order valence-electron chi connectivity index (χ0n) is 5.56. The highest BCUT2D eigenvalue weighted by atomic mass is 19.4. The van der Waals surface area contributed by atoms with Gasteiger partial charge in [-0.2, -0.15) is 0 Å². The third kappa shape index (κ3) is 3.13. The number of nitrogens with one attached hydrogen (secondary N) is 1. The van der Waals surface area contributed by atoms with Gasteiger partial charge in [-0.05, 0) is 12.1 Å². The Bertz CT molecular complexity index is 208. The number of halogens is 3. The van der Waals surface area contributed by atoms with Crippen LogP contribution in [-0.4, -0.2) is 7.11 Å². The predicted molar refractivity (Wildman–Crippen MR) is 34.6 cm³/mol. The third-order valence-corrected chi connectivity index (χ3v) is 1.09. The molecule has 0 bridgehead atoms. The highest BCUT2D eigenvalue weighted by molar-refractivity contribution is 6.55. The fraction of sp³-hybridized carbons (Fsp3) is 0.200. The van der Waals surface area contributed by atoms with Crippen LogP contribution in [-0.2, 0) is 6.54 Å². The molecular weight excluding hydrogens is 158 g/mol. The maximum Gasteiger partial charge on any atom is 0.564 e. The van der Waals surface area contributed by atoms with E-state index in [1.165, 1.54) is 17.6 Å². The summed E-state index contributed by atoms with van der Waals surface area (Å²) >= 11 is 0. The van der Waals surface area contributed by atoms with Crippen LogP contribution < -0.4 is 5.23 Å². The van der Waals surface area contributed by atoms with E-state index in [4.69, 9.17) is 0 Å². The lowest BCUT2D eigenvalue weighted by Gasteiger charge is -2.14. The number of rotatable bonds is 3. The molecule has 0 unspecified atom stereocenters. The Balaban J connectivity index is 2.35. The van der Waals surface area contributed by atoms with E-state index in [9.17, 15) is 12.9 Å². The Hall–Kier alpha value is -0.905. The Morgan fingerprint density at radius 3 is 2.64 bits per heavy atom. The van der Waals surface area contributed by atoms with Gasteiger partial charge in [0.2, 0.25) is 0 Å². The second-order valence-corrected chi connectivity index (χ2v) is 2.04. The lowest BCUT2D eigenvalue weighted by molar-refractivity contribution is 0.417. The zero-order valence-corrected chi connectivity index (χ0v) is 5.56. The maximum atomic E-state index is 11.6. The van der Waals surface area contributed by atoms with Crippen LogP contribution in [0.1, 0.15) is 5.76 Å². The molecule has 0 saturated heterocycles. The molecule has 0 aromatic carbocycles. The van der Waals surface area contributed by atoms with Gasteiger partial charge in [0, 0.05) is 6.54 Å². The summed E-state index contributed by atoms with van der Waals surface area (Å²) in [4.78, 5) is 0. The minimum atomic E-state index is -4.92. The molecule has 1 aromatic heterocycles. The Morgan fingerprint density at radius 2 is 2.18 bits per heavy atom. The van der Waals surface area contributed by atoms with Gasteiger partial charge in [0.15, 0.2) is 0 Å². The van der Waals surface area contributed by atoms with Crippen LogP contribution in [0.25, 0.3) is 0 Å². The van der Waals surface area contributed by atoms with Crippen molar-refractivity contribution in [1.29, 1.82) is 0 Å². The summed E-state index contributed by atoms with van der Waals surface area (Å²) in [6.07, 6.45) is 1.33. The topological polar surface area (TPSA) is 25.2 Å². The normalized spacial score (nSPS) is 11.9. The van der Waals surface area contributed by atoms with Crippen LogP contribution in [0.5, 0.6) is 0 Å². The van der Waals surface area contributed by atoms with Crippen molar-refractivity contribution in [3.05, 3.63) is 24.2 Å². The SMILES string of the molecule is F[B-](F)(F)NCc1ccco1. The van der Waals surface area contributed by atoms with Gasteiger partial charge in [0.05, 0.1) is 6.26 Å². The molecule has 1 rings (SSSR count). The molecule has 0 amide bonds. The Labute approximate surface area is 61.5 Å². The predicted octanol–water partition coefficient (Wildman–Crippen LogP) is 1.71. The molecule has 11 heavy (non-hydrogen) atoms. The average Bonchev–Trinajstić information content (AvgIpc) is 2.32. The summed E-state index contributed by atoms with van der Waals surface area (Å²) in [6, 6.07) is 3.02. The first-order valence-electron chi connectivity index (χ1n) is 3.05. The van der Waals surface area contributed by atoms with Gasteiger partial charge in [-0.1, -0.05) is 0 Å². The van der Waals surface area contributed by atoms with Crippen LogP contribution in [0.2, 0.25) is 0 Å². The number of hydrogen-bond donors (Lipinski definition) is 1. The van der Waals surface area contributed by atoms with Crippen molar-refractivity contribution in [1.82, 2.24) is 5.23 Å². The smallest absolute Gasteiger partial charge is 0.468 e. The summed E-state index contributed by atoms with van der Waals surface area (Å²) in [5.74, 6) is 0.282. The molecule has 0 aliphatic heterocycles. The molecule has 1 heterocycles. The van der Waals surface area contributed by atoms with E-state index in [0.717, 1.165) is 0 Å². The molecule has 0 aliphatic rings. The van der Waals surface area contributed by atoms with Crippen LogP contribution >= 0.6 is 0 Å². The van der Waals surface area contributed by atoms with Gasteiger partial charge < -0.3 is 22.6 Å². The molecular formula is C5H6BF3NO-. The molecule has 1 aromatic rings. The van der Waals surface area contributed by atoms with Crippen molar-refractivity contribution in [2.75, 3.05) is 0 Å². The van der Waals surface area contributed by atoms with Crippen molar-refractivity contribution in [3.63, 3.8) is 0 Å². The first-order chi connectivity index (χ1) is 5.08. The molecule has 6 heteroatoms. The molecule has 0 saturated carbocycles. The van der Waals surface area contributed by atoms with E-state index in [-0.39, 0.29) is 12.3 Å². The largest absolute Gasteiger partial charge is 0.564 e. The fourth-order valence-corrected chi connectivity index (χ4v) is 0.629. The van der Waals surface area contributed by atoms with Crippen LogP contribution in [0, 0.1) is 0 Å². The van der Waals surface area contributed by atoms with Crippen LogP contribution in [0.15, 0.2) is 22.8 Å². The molecule has 0 atom stereocenters. The molecule has 0 spiro atoms. The average molecular weight is 164 g/mol. The van der Waals surface area contributed by atoms with Crippen molar-refractivity contribution in [3.8, 4) is 0 Å². The number of hydrogen-bond acceptors (Lipinski definition) is 2. The highest BCUT2D eigenvalue weighted by Gasteiger charge is 2.22. The van der Waals surface area contributed by atoms with Crippen LogP contribution in [0.4, 0.5) is 12.9 Å². The molecule has 1 N–H and O–H groups in total. The van der Waals surface area contributed by atoms with Gasteiger partial charge in [-0.3, -0.25) is 0 Å². The third-order valence-electron chi connectivity index (χ3n) is 1.09.